The zero-order chi connectivity index (χ0) is 12.8. The van der Waals surface area contributed by atoms with Crippen LogP contribution in [0.2, 0.25) is 0 Å². The van der Waals surface area contributed by atoms with E-state index in [-0.39, 0.29) is 12.5 Å². The Labute approximate surface area is 109 Å². The maximum atomic E-state index is 11.6. The van der Waals surface area contributed by atoms with Crippen LogP contribution in [0.15, 0.2) is 41.2 Å². The third kappa shape index (κ3) is 3.51. The van der Waals surface area contributed by atoms with Gasteiger partial charge >= 0.3 is 0 Å². The summed E-state index contributed by atoms with van der Waals surface area (Å²) in [5.74, 6) is -0.224. The van der Waals surface area contributed by atoms with Crippen LogP contribution in [0.4, 0.5) is 5.69 Å². The SMILES string of the molecule is O=C(/C=C/c1cscn1)Nc1cccc(CO)c1. The van der Waals surface area contributed by atoms with Crippen molar-refractivity contribution >= 4 is 29.0 Å². The predicted molar refractivity (Wildman–Crippen MR) is 72.1 cm³/mol. The molecule has 0 atom stereocenters. The first-order valence-corrected chi connectivity index (χ1v) is 6.29. The number of carbonyl (C=O) groups is 1. The first kappa shape index (κ1) is 12.5. The molecule has 1 amide bonds. The number of nitrogens with one attached hydrogen (secondary N) is 1. The first-order chi connectivity index (χ1) is 8.78. The van der Waals surface area contributed by atoms with Crippen LogP contribution in [0.25, 0.3) is 6.08 Å². The number of amides is 1. The Balaban J connectivity index is 1.98. The van der Waals surface area contributed by atoms with Crippen LogP contribution in [-0.2, 0) is 11.4 Å². The van der Waals surface area contributed by atoms with Crippen molar-refractivity contribution in [2.24, 2.45) is 0 Å². The van der Waals surface area contributed by atoms with E-state index in [1.54, 1.807) is 35.9 Å². The quantitative estimate of drug-likeness (QED) is 0.829. The lowest BCUT2D eigenvalue weighted by molar-refractivity contribution is -0.111. The number of anilines is 1. The summed E-state index contributed by atoms with van der Waals surface area (Å²) in [5, 5.41) is 13.6. The molecule has 18 heavy (non-hydrogen) atoms. The van der Waals surface area contributed by atoms with Crippen molar-refractivity contribution in [2.45, 2.75) is 6.61 Å². The number of benzene rings is 1. The second-order valence-corrected chi connectivity index (χ2v) is 4.31. The monoisotopic (exact) mass is 260 g/mol. The Bertz CT molecular complexity index is 550. The topological polar surface area (TPSA) is 62.2 Å². The van der Waals surface area contributed by atoms with Crippen LogP contribution in [0.3, 0.4) is 0 Å². The number of thiazole rings is 1. The van der Waals surface area contributed by atoms with Gasteiger partial charge in [-0.25, -0.2) is 4.98 Å². The molecule has 1 heterocycles. The van der Waals surface area contributed by atoms with Crippen LogP contribution in [0.5, 0.6) is 0 Å². The Morgan fingerprint density at radius 1 is 1.50 bits per heavy atom. The molecule has 5 heteroatoms. The molecule has 4 nitrogen and oxygen atoms in total. The van der Waals surface area contributed by atoms with Crippen LogP contribution in [0.1, 0.15) is 11.3 Å². The maximum Gasteiger partial charge on any atom is 0.248 e. The van der Waals surface area contributed by atoms with Crippen LogP contribution >= 0.6 is 11.3 Å². The molecule has 0 saturated heterocycles. The molecule has 0 aliphatic heterocycles. The maximum absolute atomic E-state index is 11.6. The molecule has 0 unspecified atom stereocenters. The number of aliphatic hydroxyl groups excluding tert-OH is 1. The van der Waals surface area contributed by atoms with Crippen molar-refractivity contribution < 1.29 is 9.90 Å². The molecule has 0 aliphatic rings. The van der Waals surface area contributed by atoms with E-state index in [1.807, 2.05) is 5.38 Å². The molecule has 0 spiro atoms. The van der Waals surface area contributed by atoms with E-state index < -0.39 is 0 Å². The van der Waals surface area contributed by atoms with Gasteiger partial charge in [0.1, 0.15) is 0 Å². The molecular weight excluding hydrogens is 248 g/mol. The van der Waals surface area contributed by atoms with E-state index in [1.165, 1.54) is 17.4 Å². The molecule has 2 aromatic rings. The number of nitrogens with zero attached hydrogens (tertiary/aromatic N) is 1. The number of hydrogen-bond donors (Lipinski definition) is 2. The van der Waals surface area contributed by atoms with Crippen LogP contribution < -0.4 is 5.32 Å². The molecule has 0 fully saturated rings. The number of aromatic nitrogens is 1. The molecule has 92 valence electrons. The molecule has 0 radical (unpaired) electrons. The fourth-order valence-electron chi connectivity index (χ4n) is 1.40. The molecule has 2 rings (SSSR count). The van der Waals surface area contributed by atoms with Gasteiger partial charge in [0.2, 0.25) is 5.91 Å². The third-order valence-corrected chi connectivity index (χ3v) is 2.84. The zero-order valence-electron chi connectivity index (χ0n) is 9.54. The third-order valence-electron chi connectivity index (χ3n) is 2.23. The van der Waals surface area contributed by atoms with E-state index in [0.717, 1.165) is 11.3 Å². The van der Waals surface area contributed by atoms with E-state index in [4.69, 9.17) is 5.11 Å². The summed E-state index contributed by atoms with van der Waals surface area (Å²) in [5.41, 5.74) is 3.90. The van der Waals surface area contributed by atoms with Gasteiger partial charge in [-0.05, 0) is 23.8 Å². The standard InChI is InChI=1S/C13H12N2O2S/c16-7-10-2-1-3-11(6-10)15-13(17)5-4-12-8-18-9-14-12/h1-6,8-9,16H,7H2,(H,15,17)/b5-4+. The van der Waals surface area contributed by atoms with Gasteiger partial charge in [0.25, 0.3) is 0 Å². The van der Waals surface area contributed by atoms with E-state index in [2.05, 4.69) is 10.3 Å². The molecule has 1 aromatic heterocycles. The van der Waals surface area contributed by atoms with Crippen molar-refractivity contribution in [1.82, 2.24) is 4.98 Å². The minimum atomic E-state index is -0.224. The summed E-state index contributed by atoms with van der Waals surface area (Å²) >= 11 is 1.48. The molecular formula is C13H12N2O2S. The van der Waals surface area contributed by atoms with Gasteiger partial charge in [0.05, 0.1) is 17.8 Å². The summed E-state index contributed by atoms with van der Waals surface area (Å²) in [7, 11) is 0. The highest BCUT2D eigenvalue weighted by Gasteiger charge is 1.99. The highest BCUT2D eigenvalue weighted by atomic mass is 32.1. The van der Waals surface area contributed by atoms with Crippen molar-refractivity contribution in [3.8, 4) is 0 Å². The van der Waals surface area contributed by atoms with E-state index in [9.17, 15) is 4.79 Å². The average Bonchev–Trinajstić information content (AvgIpc) is 2.90. The molecule has 0 saturated carbocycles. The second kappa shape index (κ2) is 6.09. The Hall–Kier alpha value is -1.98. The second-order valence-electron chi connectivity index (χ2n) is 3.59. The normalized spacial score (nSPS) is 10.7. The van der Waals surface area contributed by atoms with Crippen molar-refractivity contribution in [1.29, 1.82) is 0 Å². The van der Waals surface area contributed by atoms with Crippen molar-refractivity contribution in [2.75, 3.05) is 5.32 Å². The number of hydrogen-bond acceptors (Lipinski definition) is 4. The number of carbonyl (C=O) groups excluding carboxylic acids is 1. The largest absolute Gasteiger partial charge is 0.392 e. The lowest BCUT2D eigenvalue weighted by Crippen LogP contribution is -2.07. The summed E-state index contributed by atoms with van der Waals surface area (Å²) in [4.78, 5) is 15.7. The minimum Gasteiger partial charge on any atom is -0.392 e. The molecule has 0 bridgehead atoms. The van der Waals surface area contributed by atoms with Gasteiger partial charge in [-0.1, -0.05) is 12.1 Å². The van der Waals surface area contributed by atoms with Gasteiger partial charge in [0, 0.05) is 17.1 Å². The highest BCUT2D eigenvalue weighted by molar-refractivity contribution is 7.07. The van der Waals surface area contributed by atoms with Gasteiger partial charge in [0.15, 0.2) is 0 Å². The lowest BCUT2D eigenvalue weighted by Gasteiger charge is -2.03. The average molecular weight is 260 g/mol. The predicted octanol–water partition coefficient (Wildman–Crippen LogP) is 2.29. The molecule has 1 aromatic carbocycles. The Morgan fingerprint density at radius 2 is 2.39 bits per heavy atom. The zero-order valence-corrected chi connectivity index (χ0v) is 10.4. The summed E-state index contributed by atoms with van der Waals surface area (Å²) < 4.78 is 0. The number of rotatable bonds is 4. The first-order valence-electron chi connectivity index (χ1n) is 5.35. The van der Waals surface area contributed by atoms with Gasteiger partial charge < -0.3 is 10.4 Å². The van der Waals surface area contributed by atoms with Crippen molar-refractivity contribution in [3.63, 3.8) is 0 Å². The van der Waals surface area contributed by atoms with Crippen LogP contribution in [-0.4, -0.2) is 16.0 Å². The van der Waals surface area contributed by atoms with Gasteiger partial charge in [-0.3, -0.25) is 4.79 Å². The van der Waals surface area contributed by atoms with E-state index >= 15 is 0 Å². The number of aliphatic hydroxyl groups is 1. The Morgan fingerprint density at radius 3 is 3.11 bits per heavy atom. The smallest absolute Gasteiger partial charge is 0.248 e. The fourth-order valence-corrected chi connectivity index (χ4v) is 1.92. The van der Waals surface area contributed by atoms with Gasteiger partial charge in [-0.15, -0.1) is 11.3 Å². The fraction of sp³-hybridized carbons (Fsp3) is 0.0769. The van der Waals surface area contributed by atoms with Crippen molar-refractivity contribution in [3.05, 3.63) is 52.5 Å². The van der Waals surface area contributed by atoms with Crippen LogP contribution in [0, 0.1) is 0 Å². The highest BCUT2D eigenvalue weighted by Crippen LogP contribution is 2.11. The lowest BCUT2D eigenvalue weighted by atomic mass is 10.2. The minimum absolute atomic E-state index is 0.0433. The summed E-state index contributed by atoms with van der Waals surface area (Å²) in [6, 6.07) is 7.08. The summed E-state index contributed by atoms with van der Waals surface area (Å²) in [6.45, 7) is -0.0433. The van der Waals surface area contributed by atoms with E-state index in [0.29, 0.717) is 5.69 Å². The molecule has 0 aliphatic carbocycles. The summed E-state index contributed by atoms with van der Waals surface area (Å²) in [6.07, 6.45) is 3.09. The Kier molecular flexibility index (Phi) is 4.22. The molecule has 2 N–H and O–H groups in total. The van der Waals surface area contributed by atoms with Gasteiger partial charge in [-0.2, -0.15) is 0 Å².